The maximum atomic E-state index is 11.9. The van der Waals surface area contributed by atoms with Gasteiger partial charge in [0.1, 0.15) is 12.1 Å². The second-order valence-corrected chi connectivity index (χ2v) is 5.78. The van der Waals surface area contributed by atoms with E-state index in [0.29, 0.717) is 19.4 Å². The molecule has 0 radical (unpaired) electrons. The molecule has 5 heteroatoms. The van der Waals surface area contributed by atoms with Gasteiger partial charge < -0.3 is 15.2 Å². The van der Waals surface area contributed by atoms with E-state index in [-0.39, 0.29) is 12.5 Å². The van der Waals surface area contributed by atoms with E-state index in [1.54, 1.807) is 0 Å². The van der Waals surface area contributed by atoms with Crippen molar-refractivity contribution < 1.29 is 19.4 Å². The van der Waals surface area contributed by atoms with Crippen molar-refractivity contribution >= 4 is 11.9 Å². The molecule has 1 aliphatic rings. The third-order valence-corrected chi connectivity index (χ3v) is 4.11. The Labute approximate surface area is 130 Å². The Morgan fingerprint density at radius 2 is 1.82 bits per heavy atom. The van der Waals surface area contributed by atoms with Crippen LogP contribution in [0.3, 0.4) is 0 Å². The average molecular weight is 305 g/mol. The van der Waals surface area contributed by atoms with Crippen LogP contribution in [-0.4, -0.2) is 35.7 Å². The monoisotopic (exact) mass is 305 g/mol. The van der Waals surface area contributed by atoms with E-state index in [2.05, 4.69) is 5.32 Å². The van der Waals surface area contributed by atoms with Crippen molar-refractivity contribution in [3.8, 4) is 0 Å². The Balaban J connectivity index is 1.73. The first-order valence-corrected chi connectivity index (χ1v) is 7.78. The summed E-state index contributed by atoms with van der Waals surface area (Å²) in [6, 6.07) is 9.88. The maximum absolute atomic E-state index is 11.9. The number of hydrogen-bond donors (Lipinski definition) is 2. The number of carboxylic acid groups (broad SMARTS) is 1. The second kappa shape index (κ2) is 7.94. The van der Waals surface area contributed by atoms with Gasteiger partial charge in [-0.25, -0.2) is 4.79 Å². The zero-order chi connectivity index (χ0) is 15.8. The number of carbonyl (C=O) groups is 2. The molecule has 0 bridgehead atoms. The predicted molar refractivity (Wildman–Crippen MR) is 82.6 cm³/mol. The van der Waals surface area contributed by atoms with Gasteiger partial charge in [-0.2, -0.15) is 0 Å². The molecule has 5 nitrogen and oxygen atoms in total. The highest BCUT2D eigenvalue weighted by molar-refractivity contribution is 5.87. The van der Waals surface area contributed by atoms with Crippen LogP contribution >= 0.6 is 0 Å². The van der Waals surface area contributed by atoms with Gasteiger partial charge in [0, 0.05) is 0 Å². The van der Waals surface area contributed by atoms with Crippen LogP contribution in [0, 0.1) is 0 Å². The summed E-state index contributed by atoms with van der Waals surface area (Å²) in [6.07, 6.45) is 4.43. The van der Waals surface area contributed by atoms with Crippen LogP contribution in [0.15, 0.2) is 30.3 Å². The number of carbonyl (C=O) groups excluding carboxylic acids is 1. The molecule has 0 spiro atoms. The lowest BCUT2D eigenvalue weighted by Gasteiger charge is -2.33. The molecule has 1 aromatic carbocycles. The summed E-state index contributed by atoms with van der Waals surface area (Å²) >= 11 is 0. The van der Waals surface area contributed by atoms with E-state index in [9.17, 15) is 14.7 Å². The highest BCUT2D eigenvalue weighted by Crippen LogP contribution is 2.28. The standard InChI is InChI=1S/C17H23NO4/c19-15(13-22-12-9-14-7-3-1-4-8-14)18-17(16(20)21)10-5-2-6-11-17/h1,3-4,7-8H,2,5-6,9-13H2,(H,18,19)(H,20,21). The lowest BCUT2D eigenvalue weighted by molar-refractivity contribution is -0.150. The van der Waals surface area contributed by atoms with Crippen molar-refractivity contribution in [3.05, 3.63) is 35.9 Å². The van der Waals surface area contributed by atoms with Crippen molar-refractivity contribution in [2.45, 2.75) is 44.1 Å². The molecule has 1 aromatic rings. The Hall–Kier alpha value is -1.88. The molecule has 1 aliphatic carbocycles. The number of carboxylic acids is 1. The molecule has 0 atom stereocenters. The lowest BCUT2D eigenvalue weighted by atomic mass is 9.81. The Morgan fingerprint density at radius 1 is 1.14 bits per heavy atom. The van der Waals surface area contributed by atoms with E-state index in [1.807, 2.05) is 30.3 Å². The first kappa shape index (κ1) is 16.5. The fourth-order valence-corrected chi connectivity index (χ4v) is 2.85. The molecule has 1 amide bonds. The summed E-state index contributed by atoms with van der Waals surface area (Å²) in [5.74, 6) is -1.29. The van der Waals surface area contributed by atoms with Crippen LogP contribution in [0.25, 0.3) is 0 Å². The van der Waals surface area contributed by atoms with E-state index in [4.69, 9.17) is 4.74 Å². The number of hydrogen-bond acceptors (Lipinski definition) is 3. The molecule has 120 valence electrons. The van der Waals surface area contributed by atoms with Gasteiger partial charge in [-0.3, -0.25) is 4.79 Å². The van der Waals surface area contributed by atoms with Gasteiger partial charge in [0.25, 0.3) is 0 Å². The van der Waals surface area contributed by atoms with Crippen molar-refractivity contribution in [1.29, 1.82) is 0 Å². The fraction of sp³-hybridized carbons (Fsp3) is 0.529. The Morgan fingerprint density at radius 3 is 2.45 bits per heavy atom. The molecular weight excluding hydrogens is 282 g/mol. The summed E-state index contributed by atoms with van der Waals surface area (Å²) in [4.78, 5) is 23.4. The SMILES string of the molecule is O=C(COCCc1ccccc1)NC1(C(=O)O)CCCCC1. The number of ether oxygens (including phenoxy) is 1. The number of amides is 1. The average Bonchev–Trinajstić information content (AvgIpc) is 2.53. The number of aliphatic carboxylic acids is 1. The van der Waals surface area contributed by atoms with E-state index in [1.165, 1.54) is 0 Å². The molecule has 1 saturated carbocycles. The van der Waals surface area contributed by atoms with Gasteiger partial charge in [-0.05, 0) is 24.8 Å². The third-order valence-electron chi connectivity index (χ3n) is 4.11. The third kappa shape index (κ3) is 4.56. The van der Waals surface area contributed by atoms with Crippen molar-refractivity contribution in [2.24, 2.45) is 0 Å². The van der Waals surface area contributed by atoms with Crippen LogP contribution < -0.4 is 5.32 Å². The van der Waals surface area contributed by atoms with E-state index in [0.717, 1.165) is 31.2 Å². The van der Waals surface area contributed by atoms with Crippen molar-refractivity contribution in [2.75, 3.05) is 13.2 Å². The van der Waals surface area contributed by atoms with Crippen LogP contribution in [0.2, 0.25) is 0 Å². The van der Waals surface area contributed by atoms with Gasteiger partial charge in [0.05, 0.1) is 6.61 Å². The number of nitrogens with one attached hydrogen (secondary N) is 1. The number of benzene rings is 1. The summed E-state index contributed by atoms with van der Waals surface area (Å²) in [5, 5.41) is 12.1. The van der Waals surface area contributed by atoms with Crippen LogP contribution in [-0.2, 0) is 20.7 Å². The minimum absolute atomic E-state index is 0.0954. The molecular formula is C17H23NO4. The smallest absolute Gasteiger partial charge is 0.329 e. The van der Waals surface area contributed by atoms with E-state index >= 15 is 0 Å². The minimum atomic E-state index is -1.10. The van der Waals surface area contributed by atoms with Gasteiger partial charge >= 0.3 is 5.97 Å². The Kier molecular flexibility index (Phi) is 5.95. The second-order valence-electron chi connectivity index (χ2n) is 5.78. The highest BCUT2D eigenvalue weighted by atomic mass is 16.5. The van der Waals surface area contributed by atoms with Crippen LogP contribution in [0.5, 0.6) is 0 Å². The van der Waals surface area contributed by atoms with Crippen molar-refractivity contribution in [1.82, 2.24) is 5.32 Å². The Bertz CT molecular complexity index is 495. The molecule has 0 saturated heterocycles. The largest absolute Gasteiger partial charge is 0.480 e. The minimum Gasteiger partial charge on any atom is -0.480 e. The van der Waals surface area contributed by atoms with Gasteiger partial charge in [-0.15, -0.1) is 0 Å². The van der Waals surface area contributed by atoms with Crippen LogP contribution in [0.4, 0.5) is 0 Å². The van der Waals surface area contributed by atoms with Gasteiger partial charge in [0.15, 0.2) is 0 Å². The molecule has 0 heterocycles. The summed E-state index contributed by atoms with van der Waals surface area (Å²) < 4.78 is 5.36. The van der Waals surface area contributed by atoms with Gasteiger partial charge in [-0.1, -0.05) is 49.6 Å². The van der Waals surface area contributed by atoms with Crippen LogP contribution in [0.1, 0.15) is 37.7 Å². The summed E-state index contributed by atoms with van der Waals surface area (Å²) in [5.41, 5.74) is 0.0511. The summed E-state index contributed by atoms with van der Waals surface area (Å²) in [6.45, 7) is 0.347. The molecule has 1 fully saturated rings. The fourth-order valence-electron chi connectivity index (χ4n) is 2.85. The quantitative estimate of drug-likeness (QED) is 0.757. The van der Waals surface area contributed by atoms with Gasteiger partial charge in [0.2, 0.25) is 5.91 Å². The van der Waals surface area contributed by atoms with E-state index < -0.39 is 11.5 Å². The predicted octanol–water partition coefficient (Wildman–Crippen LogP) is 2.15. The first-order chi connectivity index (χ1) is 10.6. The molecule has 2 N–H and O–H groups in total. The molecule has 0 aliphatic heterocycles. The summed E-state index contributed by atoms with van der Waals surface area (Å²) in [7, 11) is 0. The normalized spacial score (nSPS) is 16.9. The van der Waals surface area contributed by atoms with Crippen molar-refractivity contribution in [3.63, 3.8) is 0 Å². The molecule has 2 rings (SSSR count). The molecule has 0 aromatic heterocycles. The first-order valence-electron chi connectivity index (χ1n) is 7.78. The molecule has 22 heavy (non-hydrogen) atoms. The molecule has 0 unspecified atom stereocenters. The zero-order valence-corrected chi connectivity index (χ0v) is 12.7. The lowest BCUT2D eigenvalue weighted by Crippen LogP contribution is -2.56. The topological polar surface area (TPSA) is 75.6 Å². The zero-order valence-electron chi connectivity index (χ0n) is 12.7. The number of rotatable bonds is 7. The highest BCUT2D eigenvalue weighted by Gasteiger charge is 2.40. The maximum Gasteiger partial charge on any atom is 0.329 e.